The predicted octanol–water partition coefficient (Wildman–Crippen LogP) is 13.9. The quantitative estimate of drug-likeness (QED) is 0.0270. The van der Waals surface area contributed by atoms with E-state index in [1.807, 2.05) is 0 Å². The van der Waals surface area contributed by atoms with E-state index in [-0.39, 0.29) is 38.8 Å². The molecular formula is C48H86NO7P. The summed E-state index contributed by atoms with van der Waals surface area (Å²) in [4.78, 5) is 22.5. The Kier molecular flexibility index (Phi) is 43.4. The summed E-state index contributed by atoms with van der Waals surface area (Å²) >= 11 is 0. The van der Waals surface area contributed by atoms with Gasteiger partial charge < -0.3 is 20.1 Å². The molecule has 0 aliphatic rings. The normalized spacial score (nSPS) is 14.1. The first-order chi connectivity index (χ1) is 27.9. The summed E-state index contributed by atoms with van der Waals surface area (Å²) < 4.78 is 33.5. The average molecular weight is 820 g/mol. The minimum Gasteiger partial charge on any atom is -0.457 e. The van der Waals surface area contributed by atoms with Gasteiger partial charge in [0, 0.05) is 19.6 Å². The van der Waals surface area contributed by atoms with Crippen molar-refractivity contribution in [2.24, 2.45) is 5.73 Å². The first-order valence-corrected chi connectivity index (χ1v) is 24.4. The monoisotopic (exact) mass is 820 g/mol. The van der Waals surface area contributed by atoms with E-state index in [9.17, 15) is 14.3 Å². The molecule has 2 atom stereocenters. The van der Waals surface area contributed by atoms with Gasteiger partial charge >= 0.3 is 13.8 Å². The Labute approximate surface area is 350 Å². The molecule has 9 heteroatoms. The molecule has 0 saturated heterocycles. The lowest BCUT2D eigenvalue weighted by molar-refractivity contribution is -0.154. The van der Waals surface area contributed by atoms with Crippen LogP contribution in [0.25, 0.3) is 0 Å². The van der Waals surface area contributed by atoms with Crippen molar-refractivity contribution in [3.8, 4) is 0 Å². The largest absolute Gasteiger partial charge is 0.472 e. The Morgan fingerprint density at radius 1 is 0.544 bits per heavy atom. The highest BCUT2D eigenvalue weighted by molar-refractivity contribution is 7.47. The van der Waals surface area contributed by atoms with Gasteiger partial charge in [-0.1, -0.05) is 189 Å². The molecule has 0 saturated carbocycles. The second-order valence-corrected chi connectivity index (χ2v) is 16.3. The van der Waals surface area contributed by atoms with Crippen LogP contribution in [0.3, 0.4) is 0 Å². The van der Waals surface area contributed by atoms with E-state index in [1.54, 1.807) is 0 Å². The van der Waals surface area contributed by atoms with Crippen LogP contribution in [-0.2, 0) is 27.9 Å². The predicted molar refractivity (Wildman–Crippen MR) is 242 cm³/mol. The number of phosphoric acid groups is 1. The molecule has 8 nitrogen and oxygen atoms in total. The van der Waals surface area contributed by atoms with E-state index in [0.29, 0.717) is 6.61 Å². The Hall–Kier alpha value is -2.06. The smallest absolute Gasteiger partial charge is 0.457 e. The van der Waals surface area contributed by atoms with Crippen LogP contribution < -0.4 is 5.73 Å². The van der Waals surface area contributed by atoms with Crippen LogP contribution in [-0.4, -0.2) is 49.9 Å². The molecule has 0 aromatic rings. The minimum absolute atomic E-state index is 0.0933. The maximum Gasteiger partial charge on any atom is 0.472 e. The zero-order valence-electron chi connectivity index (χ0n) is 36.6. The molecule has 330 valence electrons. The van der Waals surface area contributed by atoms with Crippen LogP contribution in [0.15, 0.2) is 72.9 Å². The summed E-state index contributed by atoms with van der Waals surface area (Å²) in [5, 5.41) is 0. The van der Waals surface area contributed by atoms with Crippen LogP contribution in [0.5, 0.6) is 0 Å². The molecule has 0 aromatic heterocycles. The summed E-state index contributed by atoms with van der Waals surface area (Å²) in [6.45, 7) is 4.78. The molecule has 0 spiro atoms. The highest BCUT2D eigenvalue weighted by Crippen LogP contribution is 2.43. The summed E-state index contributed by atoms with van der Waals surface area (Å²) in [6, 6.07) is 0. The SMILES string of the molecule is CC/C=C\C/C=C\C/C=C\C/C=C\C/C=C\C/C=C\CCCCCCC(=O)OC(COCCCCCCCCCCCCCCCCC)COP(=O)(O)OCCN. The molecule has 0 aliphatic carbocycles. The molecule has 57 heavy (non-hydrogen) atoms. The van der Waals surface area contributed by atoms with Crippen LogP contribution in [0.4, 0.5) is 0 Å². The number of esters is 1. The number of phosphoric ester groups is 1. The lowest BCUT2D eigenvalue weighted by Gasteiger charge is -2.20. The van der Waals surface area contributed by atoms with Gasteiger partial charge in [0.05, 0.1) is 19.8 Å². The zero-order chi connectivity index (χ0) is 41.6. The van der Waals surface area contributed by atoms with Crippen LogP contribution in [0.2, 0.25) is 0 Å². The molecule has 0 bridgehead atoms. The summed E-state index contributed by atoms with van der Waals surface area (Å²) in [5.74, 6) is -0.355. The third-order valence-electron chi connectivity index (χ3n) is 9.39. The lowest BCUT2D eigenvalue weighted by Crippen LogP contribution is -2.28. The second kappa shape index (κ2) is 45.0. The van der Waals surface area contributed by atoms with Gasteiger partial charge in [-0.05, 0) is 64.2 Å². The van der Waals surface area contributed by atoms with Crippen molar-refractivity contribution < 1.29 is 32.8 Å². The highest BCUT2D eigenvalue weighted by Gasteiger charge is 2.25. The van der Waals surface area contributed by atoms with Gasteiger partial charge in [-0.15, -0.1) is 0 Å². The van der Waals surface area contributed by atoms with E-state index >= 15 is 0 Å². The number of carbonyl (C=O) groups is 1. The van der Waals surface area contributed by atoms with Gasteiger partial charge in [0.2, 0.25) is 0 Å². The van der Waals surface area contributed by atoms with Gasteiger partial charge in [0.15, 0.2) is 0 Å². The van der Waals surface area contributed by atoms with Crippen molar-refractivity contribution in [2.75, 3.05) is 33.0 Å². The van der Waals surface area contributed by atoms with E-state index in [4.69, 9.17) is 24.3 Å². The average Bonchev–Trinajstić information content (AvgIpc) is 3.20. The fourth-order valence-electron chi connectivity index (χ4n) is 6.06. The van der Waals surface area contributed by atoms with Crippen molar-refractivity contribution in [1.29, 1.82) is 0 Å². The summed E-state index contributed by atoms with van der Waals surface area (Å²) in [5.41, 5.74) is 5.37. The van der Waals surface area contributed by atoms with Crippen molar-refractivity contribution in [1.82, 2.24) is 0 Å². The van der Waals surface area contributed by atoms with Crippen LogP contribution >= 0.6 is 7.82 Å². The molecule has 2 unspecified atom stereocenters. The maximum atomic E-state index is 12.6. The van der Waals surface area contributed by atoms with Crippen molar-refractivity contribution >= 4 is 13.8 Å². The molecule has 0 rings (SSSR count). The van der Waals surface area contributed by atoms with Crippen LogP contribution in [0, 0.1) is 0 Å². The topological polar surface area (TPSA) is 117 Å². The number of ether oxygens (including phenoxy) is 2. The number of unbranched alkanes of at least 4 members (excludes halogenated alkanes) is 18. The van der Waals surface area contributed by atoms with Gasteiger partial charge in [0.25, 0.3) is 0 Å². The lowest BCUT2D eigenvalue weighted by atomic mass is 10.0. The van der Waals surface area contributed by atoms with Gasteiger partial charge in [0.1, 0.15) is 6.10 Å². The molecule has 0 radical (unpaired) electrons. The number of allylic oxidation sites excluding steroid dienone is 12. The number of nitrogens with two attached hydrogens (primary N) is 1. The summed E-state index contributed by atoms with van der Waals surface area (Å²) in [7, 11) is -4.29. The second-order valence-electron chi connectivity index (χ2n) is 14.9. The Balaban J connectivity index is 4.08. The number of hydrogen-bond donors (Lipinski definition) is 2. The number of rotatable bonds is 43. The van der Waals surface area contributed by atoms with Crippen molar-refractivity contribution in [3.05, 3.63) is 72.9 Å². The van der Waals surface area contributed by atoms with E-state index in [0.717, 1.165) is 83.5 Å². The zero-order valence-corrected chi connectivity index (χ0v) is 37.4. The molecule has 0 amide bonds. The Bertz CT molecular complexity index is 1100. The fourth-order valence-corrected chi connectivity index (χ4v) is 6.82. The first kappa shape index (κ1) is 54.9. The molecular weight excluding hydrogens is 734 g/mol. The molecule has 0 fully saturated rings. The van der Waals surface area contributed by atoms with Gasteiger partial charge in [-0.25, -0.2) is 4.57 Å². The number of carbonyl (C=O) groups excluding carboxylic acids is 1. The van der Waals surface area contributed by atoms with Gasteiger partial charge in [-0.2, -0.15) is 0 Å². The molecule has 0 aromatic carbocycles. The third-order valence-corrected chi connectivity index (χ3v) is 10.4. The Morgan fingerprint density at radius 3 is 1.47 bits per heavy atom. The Morgan fingerprint density at radius 2 is 0.982 bits per heavy atom. The molecule has 0 aliphatic heterocycles. The number of hydrogen-bond acceptors (Lipinski definition) is 7. The van der Waals surface area contributed by atoms with E-state index < -0.39 is 13.9 Å². The van der Waals surface area contributed by atoms with E-state index in [2.05, 4.69) is 86.8 Å². The van der Waals surface area contributed by atoms with Crippen molar-refractivity contribution in [3.63, 3.8) is 0 Å². The van der Waals surface area contributed by atoms with E-state index in [1.165, 1.54) is 83.5 Å². The highest BCUT2D eigenvalue weighted by atomic mass is 31.2. The minimum atomic E-state index is -4.29. The fraction of sp³-hybridized carbons (Fsp3) is 0.729. The van der Waals surface area contributed by atoms with Crippen LogP contribution in [0.1, 0.15) is 187 Å². The van der Waals surface area contributed by atoms with Gasteiger partial charge in [-0.3, -0.25) is 13.8 Å². The summed E-state index contributed by atoms with van der Waals surface area (Å²) in [6.07, 6.45) is 56.3. The first-order valence-electron chi connectivity index (χ1n) is 22.9. The molecule has 0 heterocycles. The maximum absolute atomic E-state index is 12.6. The third kappa shape index (κ3) is 44.9. The standard InChI is InChI=1S/C48H86NO7P/c1-3-5-7-9-11-13-15-17-19-20-21-22-23-24-25-26-27-29-31-33-35-37-39-41-48(50)56-47(46-55-57(51,52)54-44-42-49)45-53-43-40-38-36-34-32-30-28-18-16-14-12-10-8-6-4-2/h5,7,11,13,17,19,21-22,24-25,27,29,47H,3-4,6,8-10,12,14-16,18,20,23,26,28,30-46,49H2,1-2H3,(H,51,52)/b7-5-,13-11-,19-17-,22-21-,25-24-,29-27-. The van der Waals surface area contributed by atoms with Crippen molar-refractivity contribution in [2.45, 2.75) is 193 Å². The molecule has 3 N–H and O–H groups in total.